The Kier molecular flexibility index (Phi) is 3.99. The lowest BCUT2D eigenvalue weighted by atomic mass is 10.3. The molecular formula is C16H13BrClN3. The average molecular weight is 363 g/mol. The lowest BCUT2D eigenvalue weighted by Crippen LogP contribution is -2.01. The van der Waals surface area contributed by atoms with Crippen LogP contribution >= 0.6 is 27.5 Å². The van der Waals surface area contributed by atoms with Crippen LogP contribution in [0, 0.1) is 6.92 Å². The molecule has 0 aliphatic heterocycles. The van der Waals surface area contributed by atoms with E-state index in [0.717, 1.165) is 27.5 Å². The summed E-state index contributed by atoms with van der Waals surface area (Å²) < 4.78 is 2.95. The molecule has 5 heteroatoms. The second-order valence-electron chi connectivity index (χ2n) is 4.66. The number of anilines is 2. The van der Waals surface area contributed by atoms with Crippen LogP contribution < -0.4 is 5.32 Å². The van der Waals surface area contributed by atoms with Crippen molar-refractivity contribution in [3.8, 4) is 5.69 Å². The first kappa shape index (κ1) is 14.2. The molecule has 2 aromatic carbocycles. The van der Waals surface area contributed by atoms with Gasteiger partial charge in [0.15, 0.2) is 0 Å². The fraction of sp³-hybridized carbons (Fsp3) is 0.0625. The molecule has 21 heavy (non-hydrogen) atoms. The normalized spacial score (nSPS) is 10.6. The monoisotopic (exact) mass is 361 g/mol. The van der Waals surface area contributed by atoms with Gasteiger partial charge in [-0.15, -0.1) is 0 Å². The van der Waals surface area contributed by atoms with Crippen molar-refractivity contribution in [2.24, 2.45) is 0 Å². The van der Waals surface area contributed by atoms with Gasteiger partial charge in [-0.05, 0) is 53.2 Å². The third-order valence-corrected chi connectivity index (χ3v) is 3.96. The maximum atomic E-state index is 6.06. The molecule has 0 aliphatic carbocycles. The number of halogens is 2. The zero-order valence-electron chi connectivity index (χ0n) is 11.3. The highest BCUT2D eigenvalue weighted by Gasteiger charge is 2.09. The maximum Gasteiger partial charge on any atom is 0.212 e. The van der Waals surface area contributed by atoms with E-state index in [1.165, 1.54) is 0 Å². The minimum absolute atomic E-state index is 0.676. The number of nitrogens with one attached hydrogen (secondary N) is 1. The number of rotatable bonds is 3. The quantitative estimate of drug-likeness (QED) is 0.681. The fourth-order valence-electron chi connectivity index (χ4n) is 2.09. The first-order valence-corrected chi connectivity index (χ1v) is 7.64. The van der Waals surface area contributed by atoms with Crippen molar-refractivity contribution < 1.29 is 0 Å². The van der Waals surface area contributed by atoms with Crippen LogP contribution in [0.15, 0.2) is 59.2 Å². The molecule has 1 aromatic heterocycles. The highest BCUT2D eigenvalue weighted by molar-refractivity contribution is 9.10. The van der Waals surface area contributed by atoms with E-state index < -0.39 is 0 Å². The van der Waals surface area contributed by atoms with E-state index in [2.05, 4.69) is 26.2 Å². The second kappa shape index (κ2) is 5.92. The Morgan fingerprint density at radius 3 is 2.67 bits per heavy atom. The van der Waals surface area contributed by atoms with E-state index in [1.54, 1.807) is 0 Å². The average Bonchev–Trinajstić information content (AvgIpc) is 2.85. The summed E-state index contributed by atoms with van der Waals surface area (Å²) in [6, 6.07) is 15.7. The largest absolute Gasteiger partial charge is 0.324 e. The second-order valence-corrected chi connectivity index (χ2v) is 5.95. The number of aromatic nitrogens is 2. The molecule has 106 valence electrons. The first-order chi connectivity index (χ1) is 10.1. The van der Waals surface area contributed by atoms with Crippen LogP contribution in [0.3, 0.4) is 0 Å². The van der Waals surface area contributed by atoms with Gasteiger partial charge in [0.05, 0.1) is 11.4 Å². The summed E-state index contributed by atoms with van der Waals surface area (Å²) in [6.07, 6.45) is 2.00. The molecule has 1 heterocycles. The highest BCUT2D eigenvalue weighted by Crippen LogP contribution is 2.29. The van der Waals surface area contributed by atoms with Gasteiger partial charge >= 0.3 is 0 Å². The van der Waals surface area contributed by atoms with Gasteiger partial charge in [-0.2, -0.15) is 0 Å². The first-order valence-electron chi connectivity index (χ1n) is 6.47. The molecule has 0 saturated carbocycles. The summed E-state index contributed by atoms with van der Waals surface area (Å²) in [5.41, 5.74) is 2.88. The molecule has 0 radical (unpaired) electrons. The summed E-state index contributed by atoms with van der Waals surface area (Å²) in [5, 5.41) is 4.00. The third kappa shape index (κ3) is 3.12. The van der Waals surface area contributed by atoms with Crippen LogP contribution in [-0.4, -0.2) is 9.55 Å². The van der Waals surface area contributed by atoms with Crippen LogP contribution in [0.2, 0.25) is 5.02 Å². The Hall–Kier alpha value is -1.78. The van der Waals surface area contributed by atoms with Gasteiger partial charge in [-0.1, -0.05) is 29.8 Å². The molecule has 0 bridgehead atoms. The molecule has 0 amide bonds. The number of aryl methyl sites for hydroxylation is 1. The van der Waals surface area contributed by atoms with Gasteiger partial charge in [0, 0.05) is 21.4 Å². The number of benzene rings is 2. The van der Waals surface area contributed by atoms with Crippen molar-refractivity contribution >= 4 is 39.2 Å². The van der Waals surface area contributed by atoms with Crippen molar-refractivity contribution in [3.63, 3.8) is 0 Å². The molecule has 0 unspecified atom stereocenters. The van der Waals surface area contributed by atoms with Gasteiger partial charge in [0.1, 0.15) is 0 Å². The van der Waals surface area contributed by atoms with Crippen LogP contribution in [-0.2, 0) is 0 Å². The van der Waals surface area contributed by atoms with Crippen molar-refractivity contribution in [1.82, 2.24) is 9.55 Å². The number of para-hydroxylation sites is 1. The van der Waals surface area contributed by atoms with Gasteiger partial charge in [-0.3, -0.25) is 4.57 Å². The van der Waals surface area contributed by atoms with Gasteiger partial charge < -0.3 is 5.32 Å². The topological polar surface area (TPSA) is 29.9 Å². The van der Waals surface area contributed by atoms with Crippen molar-refractivity contribution in [2.45, 2.75) is 6.92 Å². The number of hydrogen-bond donors (Lipinski definition) is 1. The smallest absolute Gasteiger partial charge is 0.212 e. The van der Waals surface area contributed by atoms with Crippen molar-refractivity contribution in [3.05, 3.63) is 69.9 Å². The minimum atomic E-state index is 0.676. The Morgan fingerprint density at radius 2 is 1.90 bits per heavy atom. The zero-order valence-corrected chi connectivity index (χ0v) is 13.7. The maximum absolute atomic E-state index is 6.06. The zero-order chi connectivity index (χ0) is 14.8. The minimum Gasteiger partial charge on any atom is -0.324 e. The number of nitrogens with zero attached hydrogens (tertiary/aromatic N) is 2. The third-order valence-electron chi connectivity index (χ3n) is 3.04. The molecule has 3 aromatic rings. The molecule has 3 nitrogen and oxygen atoms in total. The standard InChI is InChI=1S/C16H13BrClN3/c1-11-10-21(13-5-3-2-4-6-13)16(19-11)20-15-9-12(18)7-8-14(15)17/h2-10H,1H3,(H,19,20). The molecule has 3 rings (SSSR count). The van der Waals surface area contributed by atoms with E-state index in [9.17, 15) is 0 Å². The highest BCUT2D eigenvalue weighted by atomic mass is 79.9. The summed E-state index contributed by atoms with van der Waals surface area (Å²) >= 11 is 9.57. The molecule has 1 N–H and O–H groups in total. The summed E-state index contributed by atoms with van der Waals surface area (Å²) in [5.74, 6) is 0.752. The predicted molar refractivity (Wildman–Crippen MR) is 90.7 cm³/mol. The van der Waals surface area contributed by atoms with Crippen molar-refractivity contribution in [2.75, 3.05) is 5.32 Å². The Balaban J connectivity index is 2.02. The van der Waals surface area contributed by atoms with E-state index in [4.69, 9.17) is 11.6 Å². The van der Waals surface area contributed by atoms with E-state index in [0.29, 0.717) is 5.02 Å². The summed E-state index contributed by atoms with van der Waals surface area (Å²) in [6.45, 7) is 1.97. The van der Waals surface area contributed by atoms with Gasteiger partial charge in [0.25, 0.3) is 0 Å². The van der Waals surface area contributed by atoms with Crippen LogP contribution in [0.4, 0.5) is 11.6 Å². The number of imidazole rings is 1. The Morgan fingerprint density at radius 1 is 1.14 bits per heavy atom. The van der Waals surface area contributed by atoms with Crippen LogP contribution in [0.25, 0.3) is 5.69 Å². The molecule has 0 atom stereocenters. The van der Waals surface area contributed by atoms with E-state index in [-0.39, 0.29) is 0 Å². The molecule has 0 aliphatic rings. The predicted octanol–water partition coefficient (Wildman–Crippen LogP) is 5.34. The molecule has 0 fully saturated rings. The van der Waals surface area contributed by atoms with Crippen LogP contribution in [0.1, 0.15) is 5.69 Å². The number of hydrogen-bond acceptors (Lipinski definition) is 2. The lowest BCUT2D eigenvalue weighted by molar-refractivity contribution is 1.06. The van der Waals surface area contributed by atoms with Crippen LogP contribution in [0.5, 0.6) is 0 Å². The SMILES string of the molecule is Cc1cn(-c2ccccc2)c(Nc2cc(Cl)ccc2Br)n1. The molecule has 0 spiro atoms. The van der Waals surface area contributed by atoms with Gasteiger partial charge in [-0.25, -0.2) is 4.98 Å². The van der Waals surface area contributed by atoms with Gasteiger partial charge in [0.2, 0.25) is 5.95 Å². The summed E-state index contributed by atoms with van der Waals surface area (Å²) in [7, 11) is 0. The molecular weight excluding hydrogens is 350 g/mol. The van der Waals surface area contributed by atoms with E-state index in [1.807, 2.05) is 66.2 Å². The fourth-order valence-corrected chi connectivity index (χ4v) is 2.60. The van der Waals surface area contributed by atoms with E-state index >= 15 is 0 Å². The summed E-state index contributed by atoms with van der Waals surface area (Å²) in [4.78, 5) is 4.54. The van der Waals surface area contributed by atoms with Crippen molar-refractivity contribution in [1.29, 1.82) is 0 Å². The molecule has 0 saturated heterocycles. The Labute approximate surface area is 136 Å². The lowest BCUT2D eigenvalue weighted by Gasteiger charge is -2.11. The Bertz CT molecular complexity index is 768.